The zero-order valence-electron chi connectivity index (χ0n) is 5.61. The van der Waals surface area contributed by atoms with Gasteiger partial charge >= 0.3 is 0 Å². The van der Waals surface area contributed by atoms with Crippen LogP contribution in [0.25, 0.3) is 5.73 Å². The Bertz CT molecular complexity index is 105. The standard InChI is InChI=1S/C7H12N.Ti/c8-7-3-1-6(5-7)2-4-7;/h6,8H,1-5H2;/q-1;. The van der Waals surface area contributed by atoms with E-state index in [1.54, 1.807) is 0 Å². The molecule has 2 fully saturated rings. The fourth-order valence-electron chi connectivity index (χ4n) is 2.19. The molecule has 0 spiro atoms. The Hall–Kier alpha value is 0.674. The van der Waals surface area contributed by atoms with E-state index in [0.29, 0.717) is 0 Å². The number of hydrogen-bond acceptors (Lipinski definition) is 0. The molecule has 0 unspecified atom stereocenters. The predicted octanol–water partition coefficient (Wildman–Crippen LogP) is 2.37. The van der Waals surface area contributed by atoms with Gasteiger partial charge in [-0.25, -0.2) is 0 Å². The van der Waals surface area contributed by atoms with E-state index in [1.807, 2.05) is 0 Å². The molecule has 2 rings (SSSR count). The molecule has 2 aliphatic rings. The minimum absolute atomic E-state index is 0. The summed E-state index contributed by atoms with van der Waals surface area (Å²) < 4.78 is 0. The summed E-state index contributed by atoms with van der Waals surface area (Å²) in [6.45, 7) is 0. The van der Waals surface area contributed by atoms with Crippen molar-refractivity contribution in [2.45, 2.75) is 37.6 Å². The van der Waals surface area contributed by atoms with Gasteiger partial charge in [-0.2, -0.15) is 0 Å². The van der Waals surface area contributed by atoms with Gasteiger partial charge in [0.15, 0.2) is 0 Å². The van der Waals surface area contributed by atoms with E-state index in [2.05, 4.69) is 0 Å². The summed E-state index contributed by atoms with van der Waals surface area (Å²) in [6, 6.07) is 0. The van der Waals surface area contributed by atoms with Crippen molar-refractivity contribution in [1.82, 2.24) is 0 Å². The summed E-state index contributed by atoms with van der Waals surface area (Å²) in [5.74, 6) is 0.951. The van der Waals surface area contributed by atoms with Crippen molar-refractivity contribution in [2.75, 3.05) is 0 Å². The van der Waals surface area contributed by atoms with E-state index >= 15 is 0 Å². The Morgan fingerprint density at radius 3 is 1.89 bits per heavy atom. The minimum Gasteiger partial charge on any atom is -0.672 e. The molecular formula is C7H12NTi-. The third kappa shape index (κ3) is 1.24. The van der Waals surface area contributed by atoms with E-state index in [1.165, 1.54) is 32.1 Å². The molecule has 0 aromatic carbocycles. The molecule has 50 valence electrons. The summed E-state index contributed by atoms with van der Waals surface area (Å²) in [5, 5.41) is 0. The van der Waals surface area contributed by atoms with E-state index in [-0.39, 0.29) is 27.3 Å². The van der Waals surface area contributed by atoms with Crippen molar-refractivity contribution in [3.8, 4) is 0 Å². The minimum atomic E-state index is 0. The average molecular weight is 158 g/mol. The van der Waals surface area contributed by atoms with Crippen molar-refractivity contribution < 1.29 is 21.7 Å². The summed E-state index contributed by atoms with van der Waals surface area (Å²) in [4.78, 5) is 0. The molecule has 2 saturated carbocycles. The molecule has 2 heteroatoms. The Kier molecular flexibility index (Phi) is 2.05. The Labute approximate surface area is 71.3 Å². The van der Waals surface area contributed by atoms with Gasteiger partial charge in [0.25, 0.3) is 0 Å². The van der Waals surface area contributed by atoms with Crippen molar-refractivity contribution in [2.24, 2.45) is 5.92 Å². The van der Waals surface area contributed by atoms with Crippen LogP contribution >= 0.6 is 0 Å². The maximum Gasteiger partial charge on any atom is 0 e. The second-order valence-electron chi connectivity index (χ2n) is 3.43. The summed E-state index contributed by atoms with van der Waals surface area (Å²) in [7, 11) is 0. The molecule has 2 aliphatic carbocycles. The first-order valence-electron chi connectivity index (χ1n) is 3.54. The molecule has 2 bridgehead atoms. The first kappa shape index (κ1) is 7.78. The SMILES string of the molecule is [NH-]C12CCC(CC1)C2.[Ti]. The van der Waals surface area contributed by atoms with Gasteiger partial charge in [0, 0.05) is 21.7 Å². The van der Waals surface area contributed by atoms with Crippen LogP contribution in [0.5, 0.6) is 0 Å². The van der Waals surface area contributed by atoms with Crippen molar-refractivity contribution in [1.29, 1.82) is 0 Å². The predicted molar refractivity (Wildman–Crippen MR) is 33.6 cm³/mol. The van der Waals surface area contributed by atoms with Crippen LogP contribution in [-0.2, 0) is 21.7 Å². The van der Waals surface area contributed by atoms with Gasteiger partial charge in [-0.1, -0.05) is 32.1 Å². The molecule has 0 amide bonds. The molecule has 0 aromatic rings. The second-order valence-corrected chi connectivity index (χ2v) is 3.43. The Balaban J connectivity index is 0.000000405. The van der Waals surface area contributed by atoms with Gasteiger partial charge in [0.2, 0.25) is 0 Å². The van der Waals surface area contributed by atoms with Crippen LogP contribution in [0.15, 0.2) is 0 Å². The maximum atomic E-state index is 7.77. The first-order chi connectivity index (χ1) is 3.79. The van der Waals surface area contributed by atoms with Gasteiger partial charge in [0.1, 0.15) is 0 Å². The van der Waals surface area contributed by atoms with Crippen LogP contribution in [0.2, 0.25) is 0 Å². The molecule has 1 N–H and O–H groups in total. The monoisotopic (exact) mass is 158 g/mol. The van der Waals surface area contributed by atoms with Gasteiger partial charge in [-0.15, -0.1) is 5.54 Å². The van der Waals surface area contributed by atoms with Crippen LogP contribution in [0.1, 0.15) is 32.1 Å². The van der Waals surface area contributed by atoms with Gasteiger partial charge in [0.05, 0.1) is 0 Å². The van der Waals surface area contributed by atoms with Crippen LogP contribution in [0, 0.1) is 5.92 Å². The third-order valence-electron chi connectivity index (χ3n) is 2.74. The quantitative estimate of drug-likeness (QED) is 0.483. The molecule has 0 heterocycles. The number of rotatable bonds is 0. The van der Waals surface area contributed by atoms with Crippen LogP contribution in [-0.4, -0.2) is 5.54 Å². The first-order valence-corrected chi connectivity index (χ1v) is 3.54. The van der Waals surface area contributed by atoms with Crippen molar-refractivity contribution in [3.63, 3.8) is 0 Å². The molecule has 9 heavy (non-hydrogen) atoms. The van der Waals surface area contributed by atoms with E-state index in [9.17, 15) is 0 Å². The van der Waals surface area contributed by atoms with E-state index in [4.69, 9.17) is 5.73 Å². The maximum absolute atomic E-state index is 7.77. The Morgan fingerprint density at radius 2 is 1.78 bits per heavy atom. The largest absolute Gasteiger partial charge is 0.672 e. The second kappa shape index (κ2) is 2.37. The number of nitrogens with one attached hydrogen (secondary N) is 1. The number of hydrogen-bond donors (Lipinski definition) is 0. The summed E-state index contributed by atoms with van der Waals surface area (Å²) in [6.07, 6.45) is 6.30. The smallest absolute Gasteiger partial charge is 0 e. The van der Waals surface area contributed by atoms with Crippen molar-refractivity contribution >= 4 is 0 Å². The van der Waals surface area contributed by atoms with Gasteiger partial charge < -0.3 is 5.73 Å². The molecular weight excluding hydrogens is 146 g/mol. The molecule has 0 aliphatic heterocycles. The third-order valence-corrected chi connectivity index (χ3v) is 2.74. The Morgan fingerprint density at radius 1 is 1.22 bits per heavy atom. The molecule has 0 aromatic heterocycles. The molecule has 1 nitrogen and oxygen atoms in total. The fourth-order valence-corrected chi connectivity index (χ4v) is 2.19. The summed E-state index contributed by atoms with van der Waals surface area (Å²) >= 11 is 0. The summed E-state index contributed by atoms with van der Waals surface area (Å²) in [5.41, 5.74) is 7.83. The zero-order valence-corrected chi connectivity index (χ0v) is 7.17. The van der Waals surface area contributed by atoms with Crippen LogP contribution in [0.3, 0.4) is 0 Å². The fraction of sp³-hybridized carbons (Fsp3) is 1.00. The van der Waals surface area contributed by atoms with Gasteiger partial charge in [-0.3, -0.25) is 0 Å². The van der Waals surface area contributed by atoms with Gasteiger partial charge in [-0.05, 0) is 5.92 Å². The van der Waals surface area contributed by atoms with Crippen molar-refractivity contribution in [3.05, 3.63) is 5.73 Å². The van der Waals surface area contributed by atoms with E-state index in [0.717, 1.165) is 5.92 Å². The normalized spacial score (nSPS) is 47.0. The number of fused-ring (bicyclic) bond motifs is 2. The molecule has 0 saturated heterocycles. The molecule has 0 radical (unpaired) electrons. The molecule has 0 atom stereocenters. The zero-order chi connectivity index (χ0) is 5.61. The average Bonchev–Trinajstić information content (AvgIpc) is 2.21. The topological polar surface area (TPSA) is 23.8 Å². The van der Waals surface area contributed by atoms with Crippen LogP contribution in [0.4, 0.5) is 0 Å². The van der Waals surface area contributed by atoms with E-state index < -0.39 is 0 Å². The van der Waals surface area contributed by atoms with Crippen LogP contribution < -0.4 is 0 Å².